The van der Waals surface area contributed by atoms with Gasteiger partial charge >= 0.3 is 5.97 Å². The maximum Gasteiger partial charge on any atom is 0.303 e. The molecule has 1 aliphatic heterocycles. The maximum absolute atomic E-state index is 12.4. The zero-order chi connectivity index (χ0) is 16.2. The third-order valence-corrected chi connectivity index (χ3v) is 4.07. The van der Waals surface area contributed by atoms with Crippen molar-refractivity contribution < 1.29 is 14.7 Å². The van der Waals surface area contributed by atoms with E-state index in [4.69, 9.17) is 5.11 Å². The lowest BCUT2D eigenvalue weighted by Gasteiger charge is -2.30. The summed E-state index contributed by atoms with van der Waals surface area (Å²) in [7, 11) is 0. The summed E-state index contributed by atoms with van der Waals surface area (Å²) < 4.78 is 1.57. The lowest BCUT2D eigenvalue weighted by atomic mass is 9.93. The Morgan fingerprint density at radius 1 is 1.17 bits per heavy atom. The van der Waals surface area contributed by atoms with Crippen molar-refractivity contribution in [1.29, 1.82) is 0 Å². The lowest BCUT2D eigenvalue weighted by molar-refractivity contribution is -0.138. The number of aliphatic carboxylic acids is 1. The molecule has 0 bridgehead atoms. The lowest BCUT2D eigenvalue weighted by Crippen LogP contribution is -2.39. The van der Waals surface area contributed by atoms with Gasteiger partial charge in [0.15, 0.2) is 0 Å². The minimum atomic E-state index is -0.780. The minimum Gasteiger partial charge on any atom is -0.481 e. The average molecular weight is 314 g/mol. The number of carboxylic acids is 1. The van der Waals surface area contributed by atoms with Crippen molar-refractivity contribution in [2.45, 2.75) is 19.3 Å². The molecule has 1 saturated heterocycles. The van der Waals surface area contributed by atoms with Gasteiger partial charge in [-0.3, -0.25) is 9.59 Å². The van der Waals surface area contributed by atoms with Gasteiger partial charge in [-0.15, -0.1) is 5.10 Å². The molecular weight excluding hydrogens is 296 g/mol. The number of likely N-dealkylation sites (tertiary alicyclic amines) is 1. The maximum atomic E-state index is 12.4. The molecule has 23 heavy (non-hydrogen) atoms. The Morgan fingerprint density at radius 2 is 1.87 bits per heavy atom. The largest absolute Gasteiger partial charge is 0.481 e. The SMILES string of the molecule is O=C(O)CC1CCN(C(=O)c2ncn(-c3ccccc3)n2)CC1. The molecule has 7 heteroatoms. The van der Waals surface area contributed by atoms with Crippen LogP contribution in [0.3, 0.4) is 0 Å². The molecule has 1 aromatic carbocycles. The fourth-order valence-electron chi connectivity index (χ4n) is 2.79. The van der Waals surface area contributed by atoms with E-state index in [1.165, 1.54) is 6.33 Å². The van der Waals surface area contributed by atoms with Crippen molar-refractivity contribution in [3.05, 3.63) is 42.5 Å². The Bertz CT molecular complexity index is 690. The summed E-state index contributed by atoms with van der Waals surface area (Å²) in [5, 5.41) is 13.1. The van der Waals surface area contributed by atoms with Crippen molar-refractivity contribution >= 4 is 11.9 Å². The Morgan fingerprint density at radius 3 is 2.52 bits per heavy atom. The number of hydrogen-bond donors (Lipinski definition) is 1. The molecule has 0 spiro atoms. The van der Waals surface area contributed by atoms with Gasteiger partial charge in [0.1, 0.15) is 6.33 Å². The summed E-state index contributed by atoms with van der Waals surface area (Å²) in [6.45, 7) is 1.10. The molecule has 0 saturated carbocycles. The molecule has 1 N–H and O–H groups in total. The second-order valence-electron chi connectivity index (χ2n) is 5.68. The fraction of sp³-hybridized carbons (Fsp3) is 0.375. The Hall–Kier alpha value is -2.70. The topological polar surface area (TPSA) is 88.3 Å². The van der Waals surface area contributed by atoms with Crippen LogP contribution in [0.25, 0.3) is 5.69 Å². The summed E-state index contributed by atoms with van der Waals surface area (Å²) in [6, 6.07) is 9.48. The normalized spacial score (nSPS) is 15.6. The van der Waals surface area contributed by atoms with E-state index in [1.54, 1.807) is 9.58 Å². The third-order valence-electron chi connectivity index (χ3n) is 4.07. The smallest absolute Gasteiger partial charge is 0.303 e. The molecule has 3 rings (SSSR count). The van der Waals surface area contributed by atoms with E-state index >= 15 is 0 Å². The second kappa shape index (κ2) is 6.60. The number of piperidine rings is 1. The van der Waals surface area contributed by atoms with Crippen LogP contribution in [0.1, 0.15) is 29.9 Å². The Kier molecular flexibility index (Phi) is 4.36. The van der Waals surface area contributed by atoms with Crippen LogP contribution < -0.4 is 0 Å². The van der Waals surface area contributed by atoms with Crippen LogP contribution in [0.2, 0.25) is 0 Å². The summed E-state index contributed by atoms with van der Waals surface area (Å²) in [6.07, 6.45) is 3.11. The monoisotopic (exact) mass is 314 g/mol. The molecule has 0 aliphatic carbocycles. The van der Waals surface area contributed by atoms with Crippen molar-refractivity contribution in [2.75, 3.05) is 13.1 Å². The van der Waals surface area contributed by atoms with Crippen molar-refractivity contribution in [3.8, 4) is 5.69 Å². The number of amides is 1. The van der Waals surface area contributed by atoms with Gasteiger partial charge < -0.3 is 10.0 Å². The average Bonchev–Trinajstić information content (AvgIpc) is 3.05. The minimum absolute atomic E-state index is 0.145. The first kappa shape index (κ1) is 15.2. The number of hydrogen-bond acceptors (Lipinski definition) is 4. The van der Waals surface area contributed by atoms with Crippen molar-refractivity contribution in [2.24, 2.45) is 5.92 Å². The highest BCUT2D eigenvalue weighted by Gasteiger charge is 2.26. The zero-order valence-electron chi connectivity index (χ0n) is 12.6. The third kappa shape index (κ3) is 3.56. The van der Waals surface area contributed by atoms with Crippen LogP contribution in [-0.2, 0) is 4.79 Å². The predicted octanol–water partition coefficient (Wildman–Crippen LogP) is 1.59. The highest BCUT2D eigenvalue weighted by atomic mass is 16.4. The molecule has 1 aromatic heterocycles. The van der Waals surface area contributed by atoms with Gasteiger partial charge in [0.2, 0.25) is 5.82 Å². The van der Waals surface area contributed by atoms with Crippen LogP contribution in [-0.4, -0.2) is 49.7 Å². The van der Waals surface area contributed by atoms with Gasteiger partial charge in [0.05, 0.1) is 5.69 Å². The molecule has 0 unspecified atom stereocenters. The van der Waals surface area contributed by atoms with Crippen LogP contribution in [0.15, 0.2) is 36.7 Å². The molecule has 1 aliphatic rings. The number of carbonyl (C=O) groups is 2. The number of carboxylic acid groups (broad SMARTS) is 1. The Balaban J connectivity index is 1.63. The molecule has 0 atom stereocenters. The van der Waals surface area contributed by atoms with Gasteiger partial charge in [0.25, 0.3) is 5.91 Å². The van der Waals surface area contributed by atoms with E-state index in [2.05, 4.69) is 10.1 Å². The first-order valence-electron chi connectivity index (χ1n) is 7.61. The van der Waals surface area contributed by atoms with Gasteiger partial charge in [-0.1, -0.05) is 18.2 Å². The van der Waals surface area contributed by atoms with E-state index in [0.29, 0.717) is 25.9 Å². The number of aromatic nitrogens is 3. The number of para-hydroxylation sites is 1. The first-order chi connectivity index (χ1) is 11.1. The molecule has 2 aromatic rings. The van der Waals surface area contributed by atoms with E-state index in [9.17, 15) is 9.59 Å². The highest BCUT2D eigenvalue weighted by Crippen LogP contribution is 2.21. The number of nitrogens with zero attached hydrogens (tertiary/aromatic N) is 4. The van der Waals surface area contributed by atoms with E-state index in [1.807, 2.05) is 30.3 Å². The molecule has 2 heterocycles. The Labute approximate surface area is 133 Å². The van der Waals surface area contributed by atoms with Gasteiger partial charge in [0, 0.05) is 19.5 Å². The zero-order valence-corrected chi connectivity index (χ0v) is 12.6. The second-order valence-corrected chi connectivity index (χ2v) is 5.68. The highest BCUT2D eigenvalue weighted by molar-refractivity contribution is 5.90. The number of rotatable bonds is 4. The fourth-order valence-corrected chi connectivity index (χ4v) is 2.79. The quantitative estimate of drug-likeness (QED) is 0.926. The van der Waals surface area contributed by atoms with Crippen LogP contribution in [0.4, 0.5) is 0 Å². The standard InChI is InChI=1S/C16H18N4O3/c21-14(22)10-12-6-8-19(9-7-12)16(23)15-17-11-20(18-15)13-4-2-1-3-5-13/h1-5,11-12H,6-10H2,(H,21,22). The summed E-state index contributed by atoms with van der Waals surface area (Å²) >= 11 is 0. The van der Waals surface area contributed by atoms with E-state index in [0.717, 1.165) is 5.69 Å². The molecule has 120 valence electrons. The van der Waals surface area contributed by atoms with Crippen molar-refractivity contribution in [1.82, 2.24) is 19.7 Å². The summed E-state index contributed by atoms with van der Waals surface area (Å²) in [4.78, 5) is 29.0. The molecule has 7 nitrogen and oxygen atoms in total. The van der Waals surface area contributed by atoms with Crippen LogP contribution >= 0.6 is 0 Å². The van der Waals surface area contributed by atoms with E-state index in [-0.39, 0.29) is 24.1 Å². The van der Waals surface area contributed by atoms with Crippen LogP contribution in [0, 0.1) is 5.92 Å². The van der Waals surface area contributed by atoms with Gasteiger partial charge in [-0.2, -0.15) is 0 Å². The van der Waals surface area contributed by atoms with Gasteiger partial charge in [-0.25, -0.2) is 9.67 Å². The van der Waals surface area contributed by atoms with E-state index < -0.39 is 5.97 Å². The molecule has 1 amide bonds. The summed E-state index contributed by atoms with van der Waals surface area (Å²) in [5.74, 6) is -0.663. The number of carbonyl (C=O) groups excluding carboxylic acids is 1. The molecule has 1 fully saturated rings. The van der Waals surface area contributed by atoms with Crippen molar-refractivity contribution in [3.63, 3.8) is 0 Å². The first-order valence-corrected chi connectivity index (χ1v) is 7.61. The number of benzene rings is 1. The molecule has 0 radical (unpaired) electrons. The van der Waals surface area contributed by atoms with Gasteiger partial charge in [-0.05, 0) is 30.9 Å². The predicted molar refractivity (Wildman–Crippen MR) is 82.2 cm³/mol. The van der Waals surface area contributed by atoms with Crippen LogP contribution in [0.5, 0.6) is 0 Å². The summed E-state index contributed by atoms with van der Waals surface area (Å²) in [5.41, 5.74) is 0.846. The molecular formula is C16H18N4O3.